The van der Waals surface area contributed by atoms with Gasteiger partial charge in [0.2, 0.25) is 0 Å². The van der Waals surface area contributed by atoms with Gasteiger partial charge in [-0.05, 0) is 31.2 Å². The van der Waals surface area contributed by atoms with Crippen molar-refractivity contribution in [2.24, 2.45) is 0 Å². The summed E-state index contributed by atoms with van der Waals surface area (Å²) in [7, 11) is 0. The van der Waals surface area contributed by atoms with Crippen LogP contribution in [0.4, 0.5) is 15.8 Å². The number of phenolic OH excluding ortho intramolecular Hbond substituents is 1. The summed E-state index contributed by atoms with van der Waals surface area (Å²) in [5, 5.41) is 12.2. The number of nitrogens with one attached hydrogen (secondary N) is 1. The Morgan fingerprint density at radius 1 is 1.38 bits per heavy atom. The molecule has 110 valence electrons. The van der Waals surface area contributed by atoms with Gasteiger partial charge in [0.25, 0.3) is 5.91 Å². The highest BCUT2D eigenvalue weighted by molar-refractivity contribution is 6.07. The number of amides is 1. The number of halogens is 1. The van der Waals surface area contributed by atoms with Gasteiger partial charge in [-0.1, -0.05) is 6.07 Å². The zero-order valence-electron chi connectivity index (χ0n) is 11.4. The molecule has 0 saturated heterocycles. The maximum Gasteiger partial charge on any atom is 0.259 e. The average Bonchev–Trinajstić information content (AvgIpc) is 2.45. The number of carbonyl (C=O) groups excluding carboxylic acids is 1. The Morgan fingerprint density at radius 2 is 2.14 bits per heavy atom. The standard InChI is InChI=1S/C15H15FN2O3/c1-2-21-13-7-6-9(8-11(13)16)18-15(20)10-4-3-5-12(17)14(10)19/h3-8,19H,2,17H2,1H3,(H,18,20). The smallest absolute Gasteiger partial charge is 0.259 e. The van der Waals surface area contributed by atoms with Crippen LogP contribution in [0.3, 0.4) is 0 Å². The van der Waals surface area contributed by atoms with Crippen LogP contribution in [0, 0.1) is 5.82 Å². The Bertz CT molecular complexity index is 674. The average molecular weight is 290 g/mol. The van der Waals surface area contributed by atoms with Gasteiger partial charge in [-0.25, -0.2) is 4.39 Å². The summed E-state index contributed by atoms with van der Waals surface area (Å²) in [6.07, 6.45) is 0. The first kappa shape index (κ1) is 14.6. The van der Waals surface area contributed by atoms with Gasteiger partial charge in [0.05, 0.1) is 17.9 Å². The molecule has 0 atom stereocenters. The quantitative estimate of drug-likeness (QED) is 0.597. The van der Waals surface area contributed by atoms with Gasteiger partial charge in [-0.15, -0.1) is 0 Å². The summed E-state index contributed by atoms with van der Waals surface area (Å²) in [5.74, 6) is -1.35. The van der Waals surface area contributed by atoms with Gasteiger partial charge < -0.3 is 20.9 Å². The second-order valence-electron chi connectivity index (χ2n) is 4.28. The molecule has 0 aliphatic carbocycles. The molecule has 6 heteroatoms. The summed E-state index contributed by atoms with van der Waals surface area (Å²) in [6, 6.07) is 8.52. The molecule has 0 aliphatic rings. The normalized spacial score (nSPS) is 10.2. The lowest BCUT2D eigenvalue weighted by Crippen LogP contribution is -2.12. The van der Waals surface area contributed by atoms with Crippen LogP contribution in [0.2, 0.25) is 0 Å². The maximum absolute atomic E-state index is 13.7. The lowest BCUT2D eigenvalue weighted by molar-refractivity contribution is 0.102. The lowest BCUT2D eigenvalue weighted by atomic mass is 10.1. The fourth-order valence-corrected chi connectivity index (χ4v) is 1.79. The van der Waals surface area contributed by atoms with Crippen LogP contribution in [0.5, 0.6) is 11.5 Å². The molecule has 5 nitrogen and oxygen atoms in total. The molecule has 21 heavy (non-hydrogen) atoms. The van der Waals surface area contributed by atoms with Crippen molar-refractivity contribution in [3.63, 3.8) is 0 Å². The van der Waals surface area contributed by atoms with Gasteiger partial charge in [0.15, 0.2) is 17.3 Å². The number of ether oxygens (including phenoxy) is 1. The van der Waals surface area contributed by atoms with Crippen LogP contribution >= 0.6 is 0 Å². The molecule has 2 aromatic rings. The SMILES string of the molecule is CCOc1ccc(NC(=O)c2cccc(N)c2O)cc1F. The van der Waals surface area contributed by atoms with E-state index < -0.39 is 11.7 Å². The number of para-hydroxylation sites is 1. The Morgan fingerprint density at radius 3 is 2.81 bits per heavy atom. The highest BCUT2D eigenvalue weighted by atomic mass is 19.1. The molecular weight excluding hydrogens is 275 g/mol. The van der Waals surface area contributed by atoms with Gasteiger partial charge in [-0.2, -0.15) is 0 Å². The van der Waals surface area contributed by atoms with E-state index in [-0.39, 0.29) is 28.4 Å². The first-order valence-electron chi connectivity index (χ1n) is 6.34. The largest absolute Gasteiger partial charge is 0.505 e. The summed E-state index contributed by atoms with van der Waals surface area (Å²) < 4.78 is 18.8. The highest BCUT2D eigenvalue weighted by Gasteiger charge is 2.14. The van der Waals surface area contributed by atoms with Crippen molar-refractivity contribution in [1.82, 2.24) is 0 Å². The Kier molecular flexibility index (Phi) is 4.27. The molecule has 0 aliphatic heterocycles. The maximum atomic E-state index is 13.7. The van der Waals surface area contributed by atoms with Crippen LogP contribution in [-0.4, -0.2) is 17.6 Å². The fourth-order valence-electron chi connectivity index (χ4n) is 1.79. The van der Waals surface area contributed by atoms with Crippen LogP contribution in [0.25, 0.3) is 0 Å². The molecule has 0 unspecified atom stereocenters. The van der Waals surface area contributed by atoms with Crippen molar-refractivity contribution in [2.45, 2.75) is 6.92 Å². The predicted octanol–water partition coefficient (Wildman–Crippen LogP) is 2.76. The number of phenols is 1. The van der Waals surface area contributed by atoms with E-state index in [0.717, 1.165) is 6.07 Å². The third-order valence-corrected chi connectivity index (χ3v) is 2.80. The molecule has 0 spiro atoms. The molecule has 4 N–H and O–H groups in total. The topological polar surface area (TPSA) is 84.6 Å². The second-order valence-corrected chi connectivity index (χ2v) is 4.28. The molecule has 2 aromatic carbocycles. The van der Waals surface area contributed by atoms with E-state index in [4.69, 9.17) is 10.5 Å². The van der Waals surface area contributed by atoms with Gasteiger partial charge in [0.1, 0.15) is 0 Å². The Balaban J connectivity index is 2.20. The molecule has 0 aromatic heterocycles. The van der Waals surface area contributed by atoms with Gasteiger partial charge >= 0.3 is 0 Å². The number of nitrogen functional groups attached to an aromatic ring is 1. The highest BCUT2D eigenvalue weighted by Crippen LogP contribution is 2.26. The van der Waals surface area contributed by atoms with E-state index >= 15 is 0 Å². The predicted molar refractivity (Wildman–Crippen MR) is 78.0 cm³/mol. The third kappa shape index (κ3) is 3.22. The second kappa shape index (κ2) is 6.13. The van der Waals surface area contributed by atoms with Crippen molar-refractivity contribution in [3.8, 4) is 11.5 Å². The van der Waals surface area contributed by atoms with Crippen LogP contribution in [-0.2, 0) is 0 Å². The zero-order chi connectivity index (χ0) is 15.4. The number of anilines is 2. The molecule has 0 saturated carbocycles. The Hall–Kier alpha value is -2.76. The number of aromatic hydroxyl groups is 1. The number of hydrogen-bond donors (Lipinski definition) is 3. The van der Waals surface area contributed by atoms with Crippen molar-refractivity contribution >= 4 is 17.3 Å². The summed E-state index contributed by atoms with van der Waals surface area (Å²) in [4.78, 5) is 12.0. The number of nitrogens with two attached hydrogens (primary N) is 1. The van der Waals surface area contributed by atoms with Crippen molar-refractivity contribution in [2.75, 3.05) is 17.7 Å². The number of rotatable bonds is 4. The molecule has 0 bridgehead atoms. The van der Waals surface area contributed by atoms with Gasteiger partial charge in [0, 0.05) is 11.8 Å². The van der Waals surface area contributed by atoms with E-state index in [1.165, 1.54) is 24.3 Å². The summed E-state index contributed by atoms with van der Waals surface area (Å²) in [5.41, 5.74) is 5.89. The summed E-state index contributed by atoms with van der Waals surface area (Å²) >= 11 is 0. The van der Waals surface area contributed by atoms with E-state index in [9.17, 15) is 14.3 Å². The molecule has 1 amide bonds. The van der Waals surface area contributed by atoms with E-state index in [1.54, 1.807) is 13.0 Å². The van der Waals surface area contributed by atoms with Crippen molar-refractivity contribution in [3.05, 3.63) is 47.8 Å². The molecule has 0 fully saturated rings. The monoisotopic (exact) mass is 290 g/mol. The van der Waals surface area contributed by atoms with E-state index in [0.29, 0.717) is 6.61 Å². The molecule has 0 heterocycles. The van der Waals surface area contributed by atoms with Crippen LogP contribution in [0.1, 0.15) is 17.3 Å². The fraction of sp³-hybridized carbons (Fsp3) is 0.133. The summed E-state index contributed by atoms with van der Waals surface area (Å²) in [6.45, 7) is 2.09. The molecular formula is C15H15FN2O3. The molecule has 2 rings (SSSR count). The zero-order valence-corrected chi connectivity index (χ0v) is 11.4. The Labute approximate surface area is 121 Å². The van der Waals surface area contributed by atoms with Crippen LogP contribution < -0.4 is 15.8 Å². The van der Waals surface area contributed by atoms with E-state index in [2.05, 4.69) is 5.32 Å². The van der Waals surface area contributed by atoms with Crippen molar-refractivity contribution in [1.29, 1.82) is 0 Å². The van der Waals surface area contributed by atoms with Crippen molar-refractivity contribution < 1.29 is 19.0 Å². The van der Waals surface area contributed by atoms with Gasteiger partial charge in [-0.3, -0.25) is 4.79 Å². The minimum Gasteiger partial charge on any atom is -0.505 e. The van der Waals surface area contributed by atoms with E-state index in [1.807, 2.05) is 0 Å². The minimum atomic E-state index is -0.580. The number of carbonyl (C=O) groups is 1. The van der Waals surface area contributed by atoms with Crippen LogP contribution in [0.15, 0.2) is 36.4 Å². The lowest BCUT2D eigenvalue weighted by Gasteiger charge is -2.10. The first-order chi connectivity index (χ1) is 10.0. The first-order valence-corrected chi connectivity index (χ1v) is 6.34. The minimum absolute atomic E-state index is 0.0179. The third-order valence-electron chi connectivity index (χ3n) is 2.80. The number of benzene rings is 2. The number of hydrogen-bond acceptors (Lipinski definition) is 4. The molecule has 0 radical (unpaired) electrons.